The molecule has 3 heteroatoms. The van der Waals surface area contributed by atoms with Crippen molar-refractivity contribution in [3.63, 3.8) is 0 Å². The fourth-order valence-electron chi connectivity index (χ4n) is 0.867. The molecule has 0 spiro atoms. The minimum Gasteiger partial charge on any atom is -0.490 e. The van der Waals surface area contributed by atoms with Crippen molar-refractivity contribution < 1.29 is 4.74 Å². The molecule has 0 fully saturated rings. The van der Waals surface area contributed by atoms with E-state index in [0.29, 0.717) is 0 Å². The molecule has 0 aliphatic carbocycles. The Balaban J connectivity index is 0.000000791. The molecule has 0 saturated heterocycles. The van der Waals surface area contributed by atoms with Gasteiger partial charge in [-0.1, -0.05) is 13.8 Å². The lowest BCUT2D eigenvalue weighted by atomic mass is 10.3. The summed E-state index contributed by atoms with van der Waals surface area (Å²) >= 11 is 3.37. The van der Waals surface area contributed by atoms with E-state index in [1.807, 2.05) is 45.9 Å². The number of rotatable bonds is 2. The molecule has 2 nitrogen and oxygen atoms in total. The average Bonchev–Trinajstić information content (AvgIpc) is 2.13. The van der Waals surface area contributed by atoms with Crippen LogP contribution in [0.25, 0.3) is 0 Å². The molecule has 0 heterocycles. The van der Waals surface area contributed by atoms with Crippen molar-refractivity contribution in [1.82, 2.24) is 0 Å². The van der Waals surface area contributed by atoms with Gasteiger partial charge in [0.2, 0.25) is 0 Å². The van der Waals surface area contributed by atoms with Crippen LogP contribution >= 0.6 is 15.9 Å². The van der Waals surface area contributed by atoms with Crippen LogP contribution < -0.4 is 10.5 Å². The predicted octanol–water partition coefficient (Wildman–Crippen LogP) is 3.84. The van der Waals surface area contributed by atoms with Gasteiger partial charge in [-0.25, -0.2) is 0 Å². The highest BCUT2D eigenvalue weighted by atomic mass is 79.9. The van der Waals surface area contributed by atoms with Gasteiger partial charge >= 0.3 is 0 Å². The predicted molar refractivity (Wildman–Crippen MR) is 65.7 cm³/mol. The molecule has 0 atom stereocenters. The fraction of sp³-hybridized carbons (Fsp3) is 0.455. The van der Waals surface area contributed by atoms with Crippen LogP contribution in [0.3, 0.4) is 0 Å². The van der Waals surface area contributed by atoms with E-state index in [-0.39, 0.29) is 6.10 Å². The molecule has 0 amide bonds. The minimum absolute atomic E-state index is 0.185. The molecule has 80 valence electrons. The van der Waals surface area contributed by atoms with Gasteiger partial charge in [0.1, 0.15) is 5.75 Å². The number of nitrogens with two attached hydrogens (primary N) is 1. The Kier molecular flexibility index (Phi) is 6.37. The van der Waals surface area contributed by atoms with Crippen LogP contribution in [0.15, 0.2) is 22.7 Å². The van der Waals surface area contributed by atoms with E-state index in [1.54, 1.807) is 0 Å². The quantitative estimate of drug-likeness (QED) is 0.820. The molecule has 0 radical (unpaired) electrons. The molecular formula is C11H18BrNO. The monoisotopic (exact) mass is 259 g/mol. The highest BCUT2D eigenvalue weighted by Crippen LogP contribution is 2.27. The zero-order valence-corrected chi connectivity index (χ0v) is 10.8. The SMILES string of the molecule is CC.CC(C)Oc1ccc(N)cc1Br. The maximum atomic E-state index is 5.57. The molecule has 1 rings (SSSR count). The van der Waals surface area contributed by atoms with E-state index < -0.39 is 0 Å². The Labute approximate surface area is 94.6 Å². The van der Waals surface area contributed by atoms with E-state index >= 15 is 0 Å². The van der Waals surface area contributed by atoms with Gasteiger partial charge in [-0.05, 0) is 48.0 Å². The Morgan fingerprint density at radius 1 is 1.29 bits per heavy atom. The Bertz CT molecular complexity index is 274. The van der Waals surface area contributed by atoms with Crippen LogP contribution in [0, 0.1) is 0 Å². The molecule has 0 aromatic heterocycles. The number of anilines is 1. The van der Waals surface area contributed by atoms with Crippen molar-refractivity contribution in [1.29, 1.82) is 0 Å². The van der Waals surface area contributed by atoms with Crippen LogP contribution in [0.1, 0.15) is 27.7 Å². The summed E-state index contributed by atoms with van der Waals surface area (Å²) in [5.74, 6) is 0.833. The number of nitrogen functional groups attached to an aromatic ring is 1. The van der Waals surface area contributed by atoms with Crippen molar-refractivity contribution in [2.24, 2.45) is 0 Å². The van der Waals surface area contributed by atoms with Gasteiger partial charge in [-0.3, -0.25) is 0 Å². The molecular weight excluding hydrogens is 242 g/mol. The fourth-order valence-corrected chi connectivity index (χ4v) is 1.36. The van der Waals surface area contributed by atoms with Crippen LogP contribution in [0.2, 0.25) is 0 Å². The highest BCUT2D eigenvalue weighted by molar-refractivity contribution is 9.10. The minimum atomic E-state index is 0.185. The topological polar surface area (TPSA) is 35.2 Å². The largest absolute Gasteiger partial charge is 0.490 e. The van der Waals surface area contributed by atoms with Gasteiger partial charge in [0.25, 0.3) is 0 Å². The Morgan fingerprint density at radius 3 is 2.29 bits per heavy atom. The lowest BCUT2D eigenvalue weighted by Crippen LogP contribution is -2.05. The summed E-state index contributed by atoms with van der Waals surface area (Å²) in [5, 5.41) is 0. The molecule has 0 aliphatic rings. The third-order valence-corrected chi connectivity index (χ3v) is 1.94. The van der Waals surface area contributed by atoms with Crippen molar-refractivity contribution in [3.8, 4) is 5.75 Å². The third-order valence-electron chi connectivity index (χ3n) is 1.32. The van der Waals surface area contributed by atoms with E-state index in [1.165, 1.54) is 0 Å². The summed E-state index contributed by atoms with van der Waals surface area (Å²) in [6, 6.07) is 5.51. The molecule has 0 bridgehead atoms. The second-order valence-electron chi connectivity index (χ2n) is 2.86. The van der Waals surface area contributed by atoms with Gasteiger partial charge in [0, 0.05) is 5.69 Å². The maximum Gasteiger partial charge on any atom is 0.134 e. The molecule has 2 N–H and O–H groups in total. The van der Waals surface area contributed by atoms with Crippen molar-refractivity contribution >= 4 is 21.6 Å². The zero-order chi connectivity index (χ0) is 11.1. The second-order valence-corrected chi connectivity index (χ2v) is 3.71. The van der Waals surface area contributed by atoms with E-state index in [0.717, 1.165) is 15.9 Å². The lowest BCUT2D eigenvalue weighted by Gasteiger charge is -2.11. The van der Waals surface area contributed by atoms with Crippen molar-refractivity contribution in [2.45, 2.75) is 33.8 Å². The number of halogens is 1. The van der Waals surface area contributed by atoms with Gasteiger partial charge in [-0.2, -0.15) is 0 Å². The first-order valence-electron chi connectivity index (χ1n) is 4.81. The number of hydrogen-bond donors (Lipinski definition) is 1. The molecule has 0 unspecified atom stereocenters. The maximum absolute atomic E-state index is 5.57. The summed E-state index contributed by atoms with van der Waals surface area (Å²) < 4.78 is 6.40. The smallest absolute Gasteiger partial charge is 0.134 e. The van der Waals surface area contributed by atoms with E-state index in [2.05, 4.69) is 15.9 Å². The summed E-state index contributed by atoms with van der Waals surface area (Å²) in [5.41, 5.74) is 6.31. The Hall–Kier alpha value is -0.700. The van der Waals surface area contributed by atoms with Crippen LogP contribution in [0.4, 0.5) is 5.69 Å². The highest BCUT2D eigenvalue weighted by Gasteiger charge is 2.02. The van der Waals surface area contributed by atoms with Crippen LogP contribution in [-0.4, -0.2) is 6.10 Å². The summed E-state index contributed by atoms with van der Waals surface area (Å²) in [6.07, 6.45) is 0.185. The summed E-state index contributed by atoms with van der Waals surface area (Å²) in [7, 11) is 0. The molecule has 0 saturated carbocycles. The van der Waals surface area contributed by atoms with E-state index in [4.69, 9.17) is 10.5 Å². The molecule has 1 aromatic carbocycles. The molecule has 0 aliphatic heterocycles. The first-order chi connectivity index (χ1) is 6.59. The molecule has 14 heavy (non-hydrogen) atoms. The first kappa shape index (κ1) is 13.3. The standard InChI is InChI=1S/C9H12BrNO.C2H6/c1-6(2)12-9-4-3-7(11)5-8(9)10;1-2/h3-6H,11H2,1-2H3;1-2H3. The van der Waals surface area contributed by atoms with Crippen LogP contribution in [0.5, 0.6) is 5.75 Å². The third kappa shape index (κ3) is 4.51. The summed E-state index contributed by atoms with van der Waals surface area (Å²) in [6.45, 7) is 7.98. The Morgan fingerprint density at radius 2 is 1.86 bits per heavy atom. The van der Waals surface area contributed by atoms with Gasteiger partial charge < -0.3 is 10.5 Å². The number of ether oxygens (including phenoxy) is 1. The number of benzene rings is 1. The lowest BCUT2D eigenvalue weighted by molar-refractivity contribution is 0.241. The normalized spacial score (nSPS) is 9.29. The van der Waals surface area contributed by atoms with Gasteiger partial charge in [0.15, 0.2) is 0 Å². The summed E-state index contributed by atoms with van der Waals surface area (Å²) in [4.78, 5) is 0. The van der Waals surface area contributed by atoms with Gasteiger partial charge in [0.05, 0.1) is 10.6 Å². The van der Waals surface area contributed by atoms with Crippen LogP contribution in [-0.2, 0) is 0 Å². The average molecular weight is 260 g/mol. The zero-order valence-electron chi connectivity index (χ0n) is 9.17. The van der Waals surface area contributed by atoms with Gasteiger partial charge in [-0.15, -0.1) is 0 Å². The number of hydrogen-bond acceptors (Lipinski definition) is 2. The van der Waals surface area contributed by atoms with E-state index in [9.17, 15) is 0 Å². The second kappa shape index (κ2) is 6.71. The van der Waals surface area contributed by atoms with Crippen molar-refractivity contribution in [2.75, 3.05) is 5.73 Å². The van der Waals surface area contributed by atoms with Crippen molar-refractivity contribution in [3.05, 3.63) is 22.7 Å². The first-order valence-corrected chi connectivity index (χ1v) is 5.60. The molecule has 1 aromatic rings.